The van der Waals surface area contributed by atoms with E-state index in [1.807, 2.05) is 30.3 Å². The maximum atomic E-state index is 14.2. The van der Waals surface area contributed by atoms with Crippen LogP contribution in [0.5, 0.6) is 23.0 Å². The van der Waals surface area contributed by atoms with Crippen LogP contribution < -0.4 is 18.9 Å². The molecule has 3 aromatic heterocycles. The standard InChI is InChI=1S/C64H50F4N4O8/c1-38(65)21-31-57(73)77-53-17-9-5-13-47(53)61-50-30-29-45(71-50)36-44-26-25-42(69-44)35-43-27-28-46(70-43)37-52-62(48-14-6-10-18-54(48)78-58(74)32-22-39(2)66)63(49-15-7-11-19-55(49)79-59(75)33-23-40(3)67)64(61)72(52)51-16-8-12-20-56(51)80-60(76)34-24-41(4)68/h5-30,35-37,69H,31-34H2,1-4H3. The zero-order valence-electron chi connectivity index (χ0n) is 43.7. The van der Waals surface area contributed by atoms with E-state index in [4.69, 9.17) is 28.9 Å². The maximum absolute atomic E-state index is 14.2. The molecule has 2 aliphatic heterocycles. The van der Waals surface area contributed by atoms with Gasteiger partial charge in [0.25, 0.3) is 0 Å². The molecule has 0 saturated carbocycles. The number of nitrogens with one attached hydrogen (secondary N) is 1. The molecule has 16 heteroatoms. The lowest BCUT2D eigenvalue weighted by Crippen LogP contribution is -2.10. The Kier molecular flexibility index (Phi) is 16.8. The summed E-state index contributed by atoms with van der Waals surface area (Å²) in [6.45, 7) is 4.80. The van der Waals surface area contributed by atoms with E-state index in [1.165, 1.54) is 27.7 Å². The largest absolute Gasteiger partial charge is 0.426 e. The van der Waals surface area contributed by atoms with Gasteiger partial charge in [-0.15, -0.1) is 0 Å². The highest BCUT2D eigenvalue weighted by Gasteiger charge is 2.31. The number of allylic oxidation sites excluding steroid dienone is 4. The second-order valence-electron chi connectivity index (χ2n) is 18.4. The van der Waals surface area contributed by atoms with Crippen LogP contribution in [0.1, 0.15) is 76.2 Å². The molecule has 5 heterocycles. The van der Waals surface area contributed by atoms with Gasteiger partial charge in [0, 0.05) is 44.4 Å². The summed E-state index contributed by atoms with van der Waals surface area (Å²) in [6, 6.07) is 35.5. The zero-order chi connectivity index (χ0) is 56.5. The molecule has 8 bridgehead atoms. The molecule has 4 aromatic carbocycles. The second-order valence-corrected chi connectivity index (χ2v) is 18.4. The number of ether oxygens (including phenoxy) is 4. The summed E-state index contributed by atoms with van der Waals surface area (Å²) in [5, 5.41) is 0. The van der Waals surface area contributed by atoms with E-state index in [9.17, 15) is 36.7 Å². The van der Waals surface area contributed by atoms with Crippen LogP contribution in [0.3, 0.4) is 0 Å². The van der Waals surface area contributed by atoms with Crippen molar-refractivity contribution in [3.8, 4) is 62.1 Å². The molecule has 0 amide bonds. The van der Waals surface area contributed by atoms with Gasteiger partial charge in [-0.3, -0.25) is 19.2 Å². The van der Waals surface area contributed by atoms with Crippen LogP contribution in [0, 0.1) is 0 Å². The number of para-hydroxylation sites is 5. The van der Waals surface area contributed by atoms with Gasteiger partial charge in [0.2, 0.25) is 0 Å². The lowest BCUT2D eigenvalue weighted by Gasteiger charge is -2.18. The molecule has 0 fully saturated rings. The average Bonchev–Trinajstić information content (AvgIpc) is 4.41. The Morgan fingerprint density at radius 3 is 1.30 bits per heavy atom. The van der Waals surface area contributed by atoms with Crippen LogP contribution in [-0.4, -0.2) is 43.4 Å². The number of rotatable bonds is 16. The van der Waals surface area contributed by atoms with Gasteiger partial charge in [0.1, 0.15) is 17.2 Å². The fourth-order valence-electron chi connectivity index (χ4n) is 8.91. The fraction of sp³-hybridized carbons (Fsp3) is 0.125. The van der Waals surface area contributed by atoms with Gasteiger partial charge in [0.05, 0.1) is 88.5 Å². The van der Waals surface area contributed by atoms with E-state index >= 15 is 0 Å². The molecular weight excluding hydrogens is 1030 g/mol. The SMILES string of the molecule is CC(F)=CCC(=O)Oc1ccccc1-c1c(-c2ccccc2OC(=O)CC=C(C)F)c2c(-c3ccccc3OC(=O)CC=C(C)F)c3nc(cc4ccc(cc5nc(cc1n2-c1ccccc1OC(=O)CC=C(C)F)C=C5)[nH]4)C=C3. The molecule has 12 nitrogen and oxygen atoms in total. The van der Waals surface area contributed by atoms with Crippen molar-refractivity contribution in [3.05, 3.63) is 198 Å². The molecule has 1 N–H and O–H groups in total. The predicted molar refractivity (Wildman–Crippen MR) is 301 cm³/mol. The number of halogens is 4. The highest BCUT2D eigenvalue weighted by Crippen LogP contribution is 2.53. The highest BCUT2D eigenvalue weighted by atomic mass is 19.1. The van der Waals surface area contributed by atoms with Crippen molar-refractivity contribution >= 4 is 70.2 Å². The summed E-state index contributed by atoms with van der Waals surface area (Å²) in [7, 11) is 0. The Hall–Kier alpha value is -9.96. The number of esters is 4. The number of hydrogen-bond acceptors (Lipinski definition) is 10. The van der Waals surface area contributed by atoms with E-state index in [0.29, 0.717) is 22.6 Å². The normalized spacial score (nSPS) is 12.6. The number of nitrogens with zero attached hydrogens (tertiary/aromatic N) is 3. The van der Waals surface area contributed by atoms with E-state index < -0.39 is 72.9 Å². The molecule has 0 radical (unpaired) electrons. The number of hydrogen-bond donors (Lipinski definition) is 1. The first-order chi connectivity index (χ1) is 38.6. The van der Waals surface area contributed by atoms with Crippen LogP contribution in [0.15, 0.2) is 175 Å². The summed E-state index contributed by atoms with van der Waals surface area (Å²) in [4.78, 5) is 68.9. The van der Waals surface area contributed by atoms with Crippen molar-refractivity contribution in [3.63, 3.8) is 0 Å². The molecule has 80 heavy (non-hydrogen) atoms. The summed E-state index contributed by atoms with van der Waals surface area (Å²) >= 11 is 0. The van der Waals surface area contributed by atoms with Gasteiger partial charge in [-0.2, -0.15) is 0 Å². The molecule has 0 aliphatic carbocycles. The lowest BCUT2D eigenvalue weighted by atomic mass is 9.92. The van der Waals surface area contributed by atoms with Crippen LogP contribution in [0.25, 0.3) is 85.4 Å². The number of fused-ring (bicyclic) bond motifs is 8. The zero-order valence-corrected chi connectivity index (χ0v) is 43.7. The fourth-order valence-corrected chi connectivity index (χ4v) is 8.91. The van der Waals surface area contributed by atoms with E-state index in [2.05, 4.69) is 4.98 Å². The Morgan fingerprint density at radius 1 is 0.450 bits per heavy atom. The van der Waals surface area contributed by atoms with Gasteiger partial charge < -0.3 is 28.5 Å². The monoisotopic (exact) mass is 1080 g/mol. The summed E-state index contributed by atoms with van der Waals surface area (Å²) in [5.74, 6) is -5.75. The number of carbonyl (C=O) groups is 4. The molecule has 9 rings (SSSR count). The minimum atomic E-state index is -0.830. The first-order valence-electron chi connectivity index (χ1n) is 25.2. The van der Waals surface area contributed by atoms with Crippen LogP contribution in [0.2, 0.25) is 0 Å². The lowest BCUT2D eigenvalue weighted by molar-refractivity contribution is -0.134. The summed E-state index contributed by atoms with van der Waals surface area (Å²) in [6.07, 6.45) is 9.67. The van der Waals surface area contributed by atoms with Crippen LogP contribution >= 0.6 is 0 Å². The Bertz CT molecular complexity index is 3980. The summed E-state index contributed by atoms with van der Waals surface area (Å²) < 4.78 is 83.1. The number of aromatic nitrogens is 4. The molecule has 402 valence electrons. The average molecular weight is 1080 g/mol. The van der Waals surface area contributed by atoms with Crippen molar-refractivity contribution < 1.29 is 55.7 Å². The minimum absolute atomic E-state index is 0.00115. The van der Waals surface area contributed by atoms with Crippen molar-refractivity contribution in [1.82, 2.24) is 19.5 Å². The predicted octanol–water partition coefficient (Wildman–Crippen LogP) is 15.8. The molecule has 0 atom stereocenters. The molecule has 0 spiro atoms. The maximum Gasteiger partial charge on any atom is 0.315 e. The second kappa shape index (κ2) is 24.6. The third kappa shape index (κ3) is 13.1. The van der Waals surface area contributed by atoms with E-state index in [0.717, 1.165) is 29.8 Å². The molecule has 0 unspecified atom stereocenters. The molecule has 7 aromatic rings. The Labute approximate surface area is 457 Å². The molecule has 2 aliphatic rings. The van der Waals surface area contributed by atoms with Gasteiger partial charge in [0.15, 0.2) is 5.75 Å². The third-order valence-electron chi connectivity index (χ3n) is 12.3. The first-order valence-corrected chi connectivity index (χ1v) is 25.2. The number of carbonyl (C=O) groups excluding carboxylic acids is 4. The first kappa shape index (κ1) is 54.8. The number of aromatic amines is 1. The van der Waals surface area contributed by atoms with E-state index in [1.54, 1.807) is 126 Å². The van der Waals surface area contributed by atoms with Crippen molar-refractivity contribution in [2.24, 2.45) is 0 Å². The number of benzene rings is 4. The molecule has 0 saturated heterocycles. The van der Waals surface area contributed by atoms with Crippen molar-refractivity contribution in [2.75, 3.05) is 0 Å². The van der Waals surface area contributed by atoms with Gasteiger partial charge >= 0.3 is 23.9 Å². The van der Waals surface area contributed by atoms with Crippen molar-refractivity contribution in [2.45, 2.75) is 53.4 Å². The summed E-state index contributed by atoms with van der Waals surface area (Å²) in [5.41, 5.74) is 5.28. The van der Waals surface area contributed by atoms with Crippen molar-refractivity contribution in [1.29, 1.82) is 0 Å². The van der Waals surface area contributed by atoms with Crippen LogP contribution in [0.4, 0.5) is 17.6 Å². The van der Waals surface area contributed by atoms with Crippen LogP contribution in [-0.2, 0) is 19.2 Å². The van der Waals surface area contributed by atoms with Gasteiger partial charge in [-0.1, -0.05) is 66.7 Å². The van der Waals surface area contributed by atoms with Gasteiger partial charge in [-0.25, -0.2) is 27.5 Å². The quantitative estimate of drug-likeness (QED) is 0.0562. The smallest absolute Gasteiger partial charge is 0.315 e. The third-order valence-corrected chi connectivity index (χ3v) is 12.3. The molecular formula is C64H50F4N4O8. The van der Waals surface area contributed by atoms with Gasteiger partial charge in [-0.05, 0) is 137 Å². The Balaban J connectivity index is 1.58. The minimum Gasteiger partial charge on any atom is -0.426 e. The highest BCUT2D eigenvalue weighted by molar-refractivity contribution is 6.13. The van der Waals surface area contributed by atoms with E-state index in [-0.39, 0.29) is 78.8 Å². The topological polar surface area (TPSA) is 152 Å². The Morgan fingerprint density at radius 2 is 0.825 bits per heavy atom. The number of H-pyrrole nitrogens is 1.